The van der Waals surface area contributed by atoms with Crippen molar-refractivity contribution in [3.8, 4) is 0 Å². The minimum Gasteiger partial charge on any atom is -1.00 e. The second-order valence-electron chi connectivity index (χ2n) is 1.45. The Morgan fingerprint density at radius 2 is 2.29 bits per heavy atom. The molecule has 0 aromatic rings. The van der Waals surface area contributed by atoms with Gasteiger partial charge in [0.25, 0.3) is 0 Å². The Balaban J connectivity index is 0.000000360. The molecule has 0 saturated carbocycles. The van der Waals surface area contributed by atoms with Crippen molar-refractivity contribution in [2.75, 3.05) is 6.54 Å². The van der Waals surface area contributed by atoms with E-state index in [4.69, 9.17) is 0 Å². The van der Waals surface area contributed by atoms with Gasteiger partial charge in [-0.3, -0.25) is 4.79 Å². The average Bonchev–Trinajstić information content (AvgIpc) is 1.86. The maximum absolute atomic E-state index is 10.1. The molecule has 0 aromatic carbocycles. The highest BCUT2D eigenvalue weighted by Crippen LogP contribution is 1.93. The Bertz CT molecular complexity index is 66.1. The highest BCUT2D eigenvalue weighted by Gasteiger charge is 2.05. The third kappa shape index (κ3) is 1.92. The van der Waals surface area contributed by atoms with Crippen LogP contribution in [0.5, 0.6) is 0 Å². The number of carbonyl (C=O) groups excluding carboxylic acids is 1. The summed E-state index contributed by atoms with van der Waals surface area (Å²) in [5.74, 6) is 0.204. The van der Waals surface area contributed by atoms with E-state index in [0.717, 1.165) is 19.4 Å². The van der Waals surface area contributed by atoms with E-state index >= 15 is 0 Å². The van der Waals surface area contributed by atoms with Crippen molar-refractivity contribution in [2.45, 2.75) is 12.8 Å². The molecular weight excluding hydrogens is 158 g/mol. The molecule has 1 saturated heterocycles. The van der Waals surface area contributed by atoms with E-state index in [-0.39, 0.29) is 22.9 Å². The summed E-state index contributed by atoms with van der Waals surface area (Å²) in [7, 11) is 0. The van der Waals surface area contributed by atoms with E-state index in [2.05, 4.69) is 5.32 Å². The fraction of sp³-hybridized carbons (Fsp3) is 0.750. The number of hydrogen-bond donors (Lipinski definition) is 1. The molecule has 0 aliphatic carbocycles. The molecule has 1 fully saturated rings. The predicted molar refractivity (Wildman–Crippen MR) is 22.2 cm³/mol. The fourth-order valence-electron chi connectivity index (χ4n) is 0.565. The van der Waals surface area contributed by atoms with Crippen LogP contribution in [0.15, 0.2) is 0 Å². The molecule has 0 spiro atoms. The summed E-state index contributed by atoms with van der Waals surface area (Å²) < 4.78 is 0. The molecule has 42 valence electrons. The minimum absolute atomic E-state index is 0. The molecule has 1 aliphatic rings. The topological polar surface area (TPSA) is 29.1 Å². The molecule has 1 N–H and O–H groups in total. The molecule has 1 amide bonds. The lowest BCUT2D eigenvalue weighted by Gasteiger charge is -1.80. The number of nitrogens with one attached hydrogen (secondary N) is 1. The highest BCUT2D eigenvalue weighted by atomic mass is 79.9. The zero-order valence-corrected chi connectivity index (χ0v) is 5.49. The Morgan fingerprint density at radius 1 is 1.57 bits per heavy atom. The van der Waals surface area contributed by atoms with Crippen LogP contribution in [0.3, 0.4) is 0 Å². The Hall–Kier alpha value is -0.0500. The molecule has 1 heterocycles. The first-order chi connectivity index (χ1) is 2.89. The van der Waals surface area contributed by atoms with Gasteiger partial charge in [0.15, 0.2) is 0 Å². The molecule has 2 nitrogen and oxygen atoms in total. The minimum atomic E-state index is 0. The second kappa shape index (κ2) is 3.02. The SMILES string of the molecule is O=C1CCCN1.[Br-]. The zero-order valence-electron chi connectivity index (χ0n) is 3.91. The number of halogens is 1. The van der Waals surface area contributed by atoms with Crippen molar-refractivity contribution in [1.82, 2.24) is 5.32 Å². The summed E-state index contributed by atoms with van der Waals surface area (Å²) >= 11 is 0. The normalized spacial score (nSPS) is 18.0. The smallest absolute Gasteiger partial charge is 0.220 e. The van der Waals surface area contributed by atoms with Gasteiger partial charge in [-0.15, -0.1) is 0 Å². The van der Waals surface area contributed by atoms with Crippen molar-refractivity contribution >= 4 is 5.91 Å². The van der Waals surface area contributed by atoms with Crippen molar-refractivity contribution in [3.05, 3.63) is 0 Å². The summed E-state index contributed by atoms with van der Waals surface area (Å²) in [4.78, 5) is 10.1. The lowest BCUT2D eigenvalue weighted by atomic mass is 10.4. The summed E-state index contributed by atoms with van der Waals surface area (Å²) in [5.41, 5.74) is 0. The third-order valence-corrected chi connectivity index (χ3v) is 0.903. The maximum atomic E-state index is 10.1. The van der Waals surface area contributed by atoms with E-state index in [1.807, 2.05) is 0 Å². The fourth-order valence-corrected chi connectivity index (χ4v) is 0.565. The summed E-state index contributed by atoms with van der Waals surface area (Å²) in [6.07, 6.45) is 1.76. The van der Waals surface area contributed by atoms with Gasteiger partial charge >= 0.3 is 0 Å². The molecule has 0 atom stereocenters. The van der Waals surface area contributed by atoms with E-state index in [9.17, 15) is 4.79 Å². The first-order valence-electron chi connectivity index (χ1n) is 2.16. The van der Waals surface area contributed by atoms with Gasteiger partial charge in [0.2, 0.25) is 5.91 Å². The van der Waals surface area contributed by atoms with Gasteiger partial charge in [0.05, 0.1) is 0 Å². The van der Waals surface area contributed by atoms with Crippen LogP contribution in [0.25, 0.3) is 0 Å². The molecule has 0 radical (unpaired) electrons. The van der Waals surface area contributed by atoms with Crippen LogP contribution in [-0.2, 0) is 4.79 Å². The van der Waals surface area contributed by atoms with E-state index in [1.54, 1.807) is 0 Å². The van der Waals surface area contributed by atoms with Crippen molar-refractivity contribution < 1.29 is 21.8 Å². The Labute approximate surface area is 53.1 Å². The molecule has 0 aromatic heterocycles. The van der Waals surface area contributed by atoms with Gasteiger partial charge in [-0.2, -0.15) is 0 Å². The number of hydrogen-bond acceptors (Lipinski definition) is 1. The average molecular weight is 165 g/mol. The van der Waals surface area contributed by atoms with Crippen LogP contribution in [0.2, 0.25) is 0 Å². The molecule has 1 rings (SSSR count). The van der Waals surface area contributed by atoms with Crippen molar-refractivity contribution in [3.63, 3.8) is 0 Å². The first-order valence-corrected chi connectivity index (χ1v) is 2.16. The summed E-state index contributed by atoms with van der Waals surface area (Å²) in [5, 5.41) is 2.68. The summed E-state index contributed by atoms with van der Waals surface area (Å²) in [6, 6.07) is 0. The van der Waals surface area contributed by atoms with Crippen LogP contribution in [-0.4, -0.2) is 12.5 Å². The van der Waals surface area contributed by atoms with Gasteiger partial charge in [0.1, 0.15) is 0 Å². The van der Waals surface area contributed by atoms with Gasteiger partial charge in [-0.25, -0.2) is 0 Å². The lowest BCUT2D eigenvalue weighted by Crippen LogP contribution is -3.00. The number of rotatable bonds is 0. The van der Waals surface area contributed by atoms with Crippen LogP contribution in [0.1, 0.15) is 12.8 Å². The Kier molecular flexibility index (Phi) is 3.00. The maximum Gasteiger partial charge on any atom is 0.220 e. The van der Waals surface area contributed by atoms with Gasteiger partial charge in [0, 0.05) is 13.0 Å². The molecule has 1 aliphatic heterocycles. The van der Waals surface area contributed by atoms with Crippen molar-refractivity contribution in [2.24, 2.45) is 0 Å². The van der Waals surface area contributed by atoms with Gasteiger partial charge < -0.3 is 22.3 Å². The van der Waals surface area contributed by atoms with E-state index < -0.39 is 0 Å². The molecule has 7 heavy (non-hydrogen) atoms. The quantitative estimate of drug-likeness (QED) is 0.404. The third-order valence-electron chi connectivity index (χ3n) is 0.903. The van der Waals surface area contributed by atoms with Crippen molar-refractivity contribution in [1.29, 1.82) is 0 Å². The van der Waals surface area contributed by atoms with Crippen LogP contribution in [0.4, 0.5) is 0 Å². The lowest BCUT2D eigenvalue weighted by molar-refractivity contribution is -0.119. The predicted octanol–water partition coefficient (Wildman–Crippen LogP) is -3.10. The van der Waals surface area contributed by atoms with Gasteiger partial charge in [-0.1, -0.05) is 0 Å². The second-order valence-corrected chi connectivity index (χ2v) is 1.45. The standard InChI is InChI=1S/C4H7NO.BrH/c6-4-2-1-3-5-4;/h1-3H2,(H,5,6);1H/p-1. The van der Waals surface area contributed by atoms with Crippen LogP contribution < -0.4 is 22.3 Å². The van der Waals surface area contributed by atoms with E-state index in [1.165, 1.54) is 0 Å². The van der Waals surface area contributed by atoms with Crippen LogP contribution >= 0.6 is 0 Å². The summed E-state index contributed by atoms with van der Waals surface area (Å²) in [6.45, 7) is 0.888. The number of amides is 1. The highest BCUT2D eigenvalue weighted by molar-refractivity contribution is 5.77. The van der Waals surface area contributed by atoms with Gasteiger partial charge in [-0.05, 0) is 6.42 Å². The molecule has 0 bridgehead atoms. The first kappa shape index (κ1) is 6.95. The van der Waals surface area contributed by atoms with Crippen LogP contribution in [0, 0.1) is 0 Å². The molecule has 3 heteroatoms. The number of carbonyl (C=O) groups is 1. The largest absolute Gasteiger partial charge is 1.00 e. The molecule has 0 unspecified atom stereocenters. The Morgan fingerprint density at radius 3 is 2.43 bits per heavy atom. The monoisotopic (exact) mass is 164 g/mol. The van der Waals surface area contributed by atoms with E-state index in [0.29, 0.717) is 0 Å². The molecular formula is C4H7BrNO-. The zero-order chi connectivity index (χ0) is 4.41.